The molecule has 1 N–H and O–H groups in total. The molecule has 0 aliphatic carbocycles. The molecule has 2 atom stereocenters. The van der Waals surface area contributed by atoms with Crippen LogP contribution in [0.5, 0.6) is 0 Å². The third-order valence-electron chi connectivity index (χ3n) is 3.96. The Balaban J connectivity index is 2.09. The normalized spacial score (nSPS) is 23.8. The lowest BCUT2D eigenvalue weighted by molar-refractivity contribution is -0.138. The Bertz CT molecular complexity index is 487. The molecule has 1 aliphatic rings. The van der Waals surface area contributed by atoms with Gasteiger partial charge in [-0.15, -0.1) is 0 Å². The number of nitrogens with zero attached hydrogens (tertiary/aromatic N) is 1. The average Bonchev–Trinajstić information content (AvgIpc) is 2.40. The maximum atomic E-state index is 10.7. The fourth-order valence-electron chi connectivity index (χ4n) is 2.65. The van der Waals surface area contributed by atoms with E-state index in [1.807, 2.05) is 0 Å². The Morgan fingerprint density at radius 2 is 2.20 bits per heavy atom. The zero-order chi connectivity index (χ0) is 14.7. The number of carbonyl (C=O) groups is 1. The number of morpholine rings is 1. The monoisotopic (exact) mass is 277 g/mol. The summed E-state index contributed by atoms with van der Waals surface area (Å²) >= 11 is 0. The number of carboxylic acids is 1. The van der Waals surface area contributed by atoms with Crippen molar-refractivity contribution in [1.82, 2.24) is 4.90 Å². The minimum Gasteiger partial charge on any atom is -0.481 e. The van der Waals surface area contributed by atoms with Gasteiger partial charge in [0.25, 0.3) is 0 Å². The molecule has 1 aliphatic heterocycles. The van der Waals surface area contributed by atoms with Gasteiger partial charge in [-0.2, -0.15) is 0 Å². The fourth-order valence-corrected chi connectivity index (χ4v) is 2.65. The van der Waals surface area contributed by atoms with Crippen LogP contribution in [0.3, 0.4) is 0 Å². The standard InChI is InChI=1S/C16H23NO3/c1-11-4-5-12(2)14(8-11)15-9-17(7-6-16(18)19)13(3)10-20-15/h4-5,8,13,15H,6-7,9-10H2,1-3H3,(H,18,19)/t13-,15+/m0/s1. The molecule has 1 aromatic carbocycles. The number of carboxylic acid groups (broad SMARTS) is 1. The van der Waals surface area contributed by atoms with Crippen LogP contribution < -0.4 is 0 Å². The summed E-state index contributed by atoms with van der Waals surface area (Å²) in [6, 6.07) is 6.67. The van der Waals surface area contributed by atoms with Crippen molar-refractivity contribution < 1.29 is 14.6 Å². The van der Waals surface area contributed by atoms with E-state index in [1.165, 1.54) is 16.7 Å². The third kappa shape index (κ3) is 3.58. The molecule has 1 aromatic rings. The van der Waals surface area contributed by atoms with E-state index in [9.17, 15) is 4.79 Å². The van der Waals surface area contributed by atoms with Crippen molar-refractivity contribution >= 4 is 5.97 Å². The van der Waals surface area contributed by atoms with Crippen molar-refractivity contribution in [3.05, 3.63) is 34.9 Å². The number of hydrogen-bond donors (Lipinski definition) is 1. The Labute approximate surface area is 120 Å². The lowest BCUT2D eigenvalue weighted by Crippen LogP contribution is -2.45. The van der Waals surface area contributed by atoms with Crippen molar-refractivity contribution in [3.63, 3.8) is 0 Å². The summed E-state index contributed by atoms with van der Waals surface area (Å²) in [4.78, 5) is 13.0. The molecule has 1 saturated heterocycles. The second-order valence-corrected chi connectivity index (χ2v) is 5.67. The number of aliphatic carboxylic acids is 1. The Morgan fingerprint density at radius 1 is 1.45 bits per heavy atom. The minimum absolute atomic E-state index is 0.0416. The lowest BCUT2D eigenvalue weighted by atomic mass is 9.99. The van der Waals surface area contributed by atoms with Gasteiger partial charge in [0, 0.05) is 19.1 Å². The largest absolute Gasteiger partial charge is 0.481 e. The number of aryl methyl sites for hydroxylation is 2. The van der Waals surface area contributed by atoms with Gasteiger partial charge < -0.3 is 9.84 Å². The van der Waals surface area contributed by atoms with Gasteiger partial charge in [0.2, 0.25) is 0 Å². The highest BCUT2D eigenvalue weighted by Gasteiger charge is 2.28. The summed E-state index contributed by atoms with van der Waals surface area (Å²) in [7, 11) is 0. The van der Waals surface area contributed by atoms with Gasteiger partial charge in [-0.25, -0.2) is 0 Å². The molecule has 0 saturated carbocycles. The van der Waals surface area contributed by atoms with Crippen LogP contribution in [0.25, 0.3) is 0 Å². The van der Waals surface area contributed by atoms with E-state index >= 15 is 0 Å². The topological polar surface area (TPSA) is 49.8 Å². The van der Waals surface area contributed by atoms with E-state index in [4.69, 9.17) is 9.84 Å². The van der Waals surface area contributed by atoms with Crippen LogP contribution in [0.2, 0.25) is 0 Å². The Hall–Kier alpha value is -1.39. The summed E-state index contributed by atoms with van der Waals surface area (Å²) in [5.41, 5.74) is 3.68. The van der Waals surface area contributed by atoms with E-state index in [0.29, 0.717) is 13.2 Å². The fraction of sp³-hybridized carbons (Fsp3) is 0.562. The van der Waals surface area contributed by atoms with E-state index in [-0.39, 0.29) is 18.6 Å². The third-order valence-corrected chi connectivity index (χ3v) is 3.96. The van der Waals surface area contributed by atoms with Crippen LogP contribution in [0.4, 0.5) is 0 Å². The Kier molecular flexibility index (Phi) is 4.78. The van der Waals surface area contributed by atoms with Crippen LogP contribution >= 0.6 is 0 Å². The molecule has 4 nitrogen and oxygen atoms in total. The zero-order valence-corrected chi connectivity index (χ0v) is 12.4. The van der Waals surface area contributed by atoms with Gasteiger partial charge in [-0.1, -0.05) is 23.8 Å². The molecule has 0 unspecified atom stereocenters. The second kappa shape index (κ2) is 6.37. The molecule has 0 radical (unpaired) electrons. The van der Waals surface area contributed by atoms with Crippen LogP contribution in [0, 0.1) is 13.8 Å². The molecule has 0 bridgehead atoms. The molecule has 0 aromatic heterocycles. The van der Waals surface area contributed by atoms with Crippen LogP contribution in [0.1, 0.15) is 36.1 Å². The van der Waals surface area contributed by atoms with Gasteiger partial charge >= 0.3 is 5.97 Å². The van der Waals surface area contributed by atoms with Crippen LogP contribution in [0.15, 0.2) is 18.2 Å². The molecule has 1 fully saturated rings. The first-order valence-corrected chi connectivity index (χ1v) is 7.12. The quantitative estimate of drug-likeness (QED) is 0.919. The van der Waals surface area contributed by atoms with Gasteiger partial charge in [0.1, 0.15) is 0 Å². The smallest absolute Gasteiger partial charge is 0.304 e. The van der Waals surface area contributed by atoms with E-state index in [1.54, 1.807) is 0 Å². The molecular formula is C16H23NO3. The number of benzene rings is 1. The van der Waals surface area contributed by atoms with Crippen molar-refractivity contribution in [3.8, 4) is 0 Å². The molecule has 0 spiro atoms. The van der Waals surface area contributed by atoms with E-state index in [0.717, 1.165) is 6.54 Å². The van der Waals surface area contributed by atoms with Crippen molar-refractivity contribution in [2.75, 3.05) is 19.7 Å². The molecular weight excluding hydrogens is 254 g/mol. The van der Waals surface area contributed by atoms with Gasteiger partial charge in [0.15, 0.2) is 0 Å². The highest BCUT2D eigenvalue weighted by molar-refractivity contribution is 5.66. The molecule has 20 heavy (non-hydrogen) atoms. The predicted molar refractivity (Wildman–Crippen MR) is 77.9 cm³/mol. The van der Waals surface area contributed by atoms with Gasteiger partial charge in [-0.3, -0.25) is 9.69 Å². The number of hydrogen-bond acceptors (Lipinski definition) is 3. The van der Waals surface area contributed by atoms with Crippen molar-refractivity contribution in [2.45, 2.75) is 39.3 Å². The van der Waals surface area contributed by atoms with Crippen LogP contribution in [-0.4, -0.2) is 41.7 Å². The highest BCUT2D eigenvalue weighted by atomic mass is 16.5. The first-order chi connectivity index (χ1) is 9.47. The summed E-state index contributed by atoms with van der Waals surface area (Å²) in [5, 5.41) is 8.84. The summed E-state index contributed by atoms with van der Waals surface area (Å²) in [6.45, 7) is 8.26. The summed E-state index contributed by atoms with van der Waals surface area (Å²) in [5.74, 6) is -0.744. The SMILES string of the molecule is Cc1ccc(C)c([C@H]2CN(CCC(=O)O)[C@@H](C)CO2)c1. The number of ether oxygens (including phenoxy) is 1. The highest BCUT2D eigenvalue weighted by Crippen LogP contribution is 2.28. The van der Waals surface area contributed by atoms with Gasteiger partial charge in [-0.05, 0) is 31.9 Å². The second-order valence-electron chi connectivity index (χ2n) is 5.67. The first-order valence-electron chi connectivity index (χ1n) is 7.12. The predicted octanol–water partition coefficient (Wildman–Crippen LogP) is 2.54. The first kappa shape index (κ1) is 15.0. The molecule has 110 valence electrons. The minimum atomic E-state index is -0.744. The average molecular weight is 277 g/mol. The maximum Gasteiger partial charge on any atom is 0.304 e. The Morgan fingerprint density at radius 3 is 2.90 bits per heavy atom. The van der Waals surface area contributed by atoms with E-state index < -0.39 is 5.97 Å². The summed E-state index contributed by atoms with van der Waals surface area (Å²) in [6.07, 6.45) is 0.226. The van der Waals surface area contributed by atoms with E-state index in [2.05, 4.69) is 43.9 Å². The van der Waals surface area contributed by atoms with Crippen molar-refractivity contribution in [1.29, 1.82) is 0 Å². The maximum absolute atomic E-state index is 10.7. The van der Waals surface area contributed by atoms with Crippen molar-refractivity contribution in [2.24, 2.45) is 0 Å². The number of rotatable bonds is 4. The van der Waals surface area contributed by atoms with Crippen LogP contribution in [-0.2, 0) is 9.53 Å². The molecule has 2 rings (SSSR count). The molecule has 1 heterocycles. The molecule has 0 amide bonds. The molecule has 4 heteroatoms. The van der Waals surface area contributed by atoms with Gasteiger partial charge in [0.05, 0.1) is 19.1 Å². The lowest BCUT2D eigenvalue weighted by Gasteiger charge is -2.38. The zero-order valence-electron chi connectivity index (χ0n) is 12.4. The summed E-state index contributed by atoms with van der Waals surface area (Å²) < 4.78 is 5.96.